The SMILES string of the molecule is C=C(C)COc1ccc(C(=O)CNCCN(C)C)cc1. The van der Waals surface area contributed by atoms with Gasteiger partial charge in [0.1, 0.15) is 12.4 Å². The standard InChI is InChI=1S/C16H24N2O2/c1-13(2)12-20-15-7-5-14(6-8-15)16(19)11-17-9-10-18(3)4/h5-8,17H,1,9-12H2,2-4H3. The van der Waals surface area contributed by atoms with Gasteiger partial charge in [0.25, 0.3) is 0 Å². The van der Waals surface area contributed by atoms with Crippen LogP contribution in [-0.2, 0) is 0 Å². The Morgan fingerprint density at radius 1 is 1.30 bits per heavy atom. The lowest BCUT2D eigenvalue weighted by atomic mass is 10.1. The molecule has 0 saturated carbocycles. The largest absolute Gasteiger partial charge is 0.489 e. The maximum Gasteiger partial charge on any atom is 0.176 e. The van der Waals surface area contributed by atoms with Crippen LogP contribution in [0.15, 0.2) is 36.4 Å². The molecular weight excluding hydrogens is 252 g/mol. The van der Waals surface area contributed by atoms with Gasteiger partial charge in [-0.05, 0) is 50.9 Å². The molecule has 1 rings (SSSR count). The molecule has 0 amide bonds. The van der Waals surface area contributed by atoms with E-state index >= 15 is 0 Å². The van der Waals surface area contributed by atoms with E-state index in [1.54, 1.807) is 12.1 Å². The highest BCUT2D eigenvalue weighted by molar-refractivity contribution is 5.97. The van der Waals surface area contributed by atoms with Crippen molar-refractivity contribution >= 4 is 5.78 Å². The maximum atomic E-state index is 11.9. The van der Waals surface area contributed by atoms with Gasteiger partial charge in [-0.3, -0.25) is 4.79 Å². The van der Waals surface area contributed by atoms with Gasteiger partial charge in [-0.15, -0.1) is 0 Å². The van der Waals surface area contributed by atoms with Crippen molar-refractivity contribution in [3.8, 4) is 5.75 Å². The summed E-state index contributed by atoms with van der Waals surface area (Å²) in [6.07, 6.45) is 0. The molecule has 0 bridgehead atoms. The number of hydrogen-bond acceptors (Lipinski definition) is 4. The predicted molar refractivity (Wildman–Crippen MR) is 82.5 cm³/mol. The second kappa shape index (κ2) is 8.51. The average molecular weight is 276 g/mol. The molecule has 0 unspecified atom stereocenters. The van der Waals surface area contributed by atoms with E-state index in [2.05, 4.69) is 16.8 Å². The van der Waals surface area contributed by atoms with Gasteiger partial charge in [0.2, 0.25) is 0 Å². The van der Waals surface area contributed by atoms with Crippen LogP contribution in [0.4, 0.5) is 0 Å². The van der Waals surface area contributed by atoms with Crippen molar-refractivity contribution in [2.75, 3.05) is 40.3 Å². The lowest BCUT2D eigenvalue weighted by molar-refractivity contribution is 0.0990. The van der Waals surface area contributed by atoms with Gasteiger partial charge in [-0.1, -0.05) is 6.58 Å². The van der Waals surface area contributed by atoms with Crippen molar-refractivity contribution in [2.24, 2.45) is 0 Å². The summed E-state index contributed by atoms with van der Waals surface area (Å²) in [5.74, 6) is 0.848. The zero-order chi connectivity index (χ0) is 15.0. The van der Waals surface area contributed by atoms with Crippen molar-refractivity contribution in [2.45, 2.75) is 6.92 Å². The molecule has 0 atom stereocenters. The fourth-order valence-electron chi connectivity index (χ4n) is 1.55. The van der Waals surface area contributed by atoms with Crippen molar-refractivity contribution in [3.63, 3.8) is 0 Å². The van der Waals surface area contributed by atoms with E-state index in [9.17, 15) is 4.79 Å². The molecule has 4 heteroatoms. The van der Waals surface area contributed by atoms with Crippen LogP contribution in [0.2, 0.25) is 0 Å². The number of carbonyl (C=O) groups is 1. The quantitative estimate of drug-likeness (QED) is 0.425. The van der Waals surface area contributed by atoms with E-state index < -0.39 is 0 Å². The summed E-state index contributed by atoms with van der Waals surface area (Å²) in [6, 6.07) is 7.22. The number of rotatable bonds is 9. The molecule has 1 aromatic rings. The Hall–Kier alpha value is -1.65. The summed E-state index contributed by atoms with van der Waals surface area (Å²) in [5.41, 5.74) is 1.67. The van der Waals surface area contributed by atoms with Crippen LogP contribution in [0.25, 0.3) is 0 Å². The topological polar surface area (TPSA) is 41.6 Å². The Kier molecular flexibility index (Phi) is 6.98. The van der Waals surface area contributed by atoms with E-state index in [4.69, 9.17) is 4.74 Å². The smallest absolute Gasteiger partial charge is 0.176 e. The fraction of sp³-hybridized carbons (Fsp3) is 0.438. The average Bonchev–Trinajstić information content (AvgIpc) is 2.41. The Labute approximate surface area is 121 Å². The number of ketones is 1. The zero-order valence-electron chi connectivity index (χ0n) is 12.6. The minimum Gasteiger partial charge on any atom is -0.489 e. The first-order chi connectivity index (χ1) is 9.49. The Balaban J connectivity index is 2.39. The molecule has 1 N–H and O–H groups in total. The highest BCUT2D eigenvalue weighted by atomic mass is 16.5. The van der Waals surface area contributed by atoms with Crippen LogP contribution < -0.4 is 10.1 Å². The molecule has 0 aliphatic heterocycles. The molecule has 0 aromatic heterocycles. The molecule has 1 aromatic carbocycles. The van der Waals surface area contributed by atoms with Crippen LogP contribution >= 0.6 is 0 Å². The molecule has 0 aliphatic carbocycles. The third-order valence-electron chi connectivity index (χ3n) is 2.68. The van der Waals surface area contributed by atoms with E-state index in [0.29, 0.717) is 18.7 Å². The molecule has 0 saturated heterocycles. The van der Waals surface area contributed by atoms with Crippen LogP contribution in [0.1, 0.15) is 17.3 Å². The number of nitrogens with zero attached hydrogens (tertiary/aromatic N) is 1. The summed E-state index contributed by atoms with van der Waals surface area (Å²) < 4.78 is 5.50. The minimum absolute atomic E-state index is 0.0928. The summed E-state index contributed by atoms with van der Waals surface area (Å²) in [4.78, 5) is 14.0. The van der Waals surface area contributed by atoms with Gasteiger partial charge in [0.05, 0.1) is 6.54 Å². The number of nitrogens with one attached hydrogen (secondary N) is 1. The first-order valence-corrected chi connectivity index (χ1v) is 6.75. The van der Waals surface area contributed by atoms with Crippen LogP contribution in [0, 0.1) is 0 Å². The molecule has 0 fully saturated rings. The van der Waals surface area contributed by atoms with Gasteiger partial charge in [-0.25, -0.2) is 0 Å². The van der Waals surface area contributed by atoms with E-state index in [-0.39, 0.29) is 5.78 Å². The minimum atomic E-state index is 0.0928. The van der Waals surface area contributed by atoms with Gasteiger partial charge in [-0.2, -0.15) is 0 Å². The molecule has 0 heterocycles. The summed E-state index contributed by atoms with van der Waals surface area (Å²) in [6.45, 7) is 8.28. The normalized spacial score (nSPS) is 10.6. The third-order valence-corrected chi connectivity index (χ3v) is 2.68. The number of ether oxygens (including phenoxy) is 1. The second-order valence-electron chi connectivity index (χ2n) is 5.17. The highest BCUT2D eigenvalue weighted by Crippen LogP contribution is 2.13. The molecule has 0 spiro atoms. The predicted octanol–water partition coefficient (Wildman–Crippen LogP) is 1.98. The number of benzene rings is 1. The van der Waals surface area contributed by atoms with E-state index in [0.717, 1.165) is 24.4 Å². The monoisotopic (exact) mass is 276 g/mol. The van der Waals surface area contributed by atoms with Gasteiger partial charge >= 0.3 is 0 Å². The number of hydrogen-bond donors (Lipinski definition) is 1. The van der Waals surface area contributed by atoms with E-state index in [1.165, 1.54) is 0 Å². The van der Waals surface area contributed by atoms with Crippen molar-refractivity contribution in [1.82, 2.24) is 10.2 Å². The highest BCUT2D eigenvalue weighted by Gasteiger charge is 2.05. The first-order valence-electron chi connectivity index (χ1n) is 6.75. The van der Waals surface area contributed by atoms with Crippen LogP contribution in [0.3, 0.4) is 0 Å². The lowest BCUT2D eigenvalue weighted by Crippen LogP contribution is -2.30. The van der Waals surface area contributed by atoms with Crippen molar-refractivity contribution < 1.29 is 9.53 Å². The van der Waals surface area contributed by atoms with Crippen LogP contribution in [0.5, 0.6) is 5.75 Å². The van der Waals surface area contributed by atoms with Gasteiger partial charge in [0.15, 0.2) is 5.78 Å². The number of carbonyl (C=O) groups excluding carboxylic acids is 1. The zero-order valence-corrected chi connectivity index (χ0v) is 12.6. The molecule has 20 heavy (non-hydrogen) atoms. The summed E-state index contributed by atoms with van der Waals surface area (Å²) in [7, 11) is 4.01. The van der Waals surface area contributed by atoms with Gasteiger partial charge < -0.3 is 15.0 Å². The number of Topliss-reactive ketones (excluding diaryl/α,β-unsaturated/α-hetero) is 1. The van der Waals surface area contributed by atoms with Crippen LogP contribution in [-0.4, -0.2) is 51.0 Å². The van der Waals surface area contributed by atoms with E-state index in [1.807, 2.05) is 33.2 Å². The molecule has 0 aliphatic rings. The fourth-order valence-corrected chi connectivity index (χ4v) is 1.55. The Bertz CT molecular complexity index is 438. The van der Waals surface area contributed by atoms with Crippen molar-refractivity contribution in [1.29, 1.82) is 0 Å². The third kappa shape index (κ3) is 6.50. The molecule has 0 radical (unpaired) electrons. The van der Waals surface area contributed by atoms with Gasteiger partial charge in [0, 0.05) is 18.7 Å². The molecular formula is C16H24N2O2. The lowest BCUT2D eigenvalue weighted by Gasteiger charge is -2.10. The summed E-state index contributed by atoms with van der Waals surface area (Å²) in [5, 5.41) is 3.14. The first kappa shape index (κ1) is 16.4. The maximum absolute atomic E-state index is 11.9. The second-order valence-corrected chi connectivity index (χ2v) is 5.17. The molecule has 4 nitrogen and oxygen atoms in total. The Morgan fingerprint density at radius 3 is 2.50 bits per heavy atom. The van der Waals surface area contributed by atoms with Crippen molar-refractivity contribution in [3.05, 3.63) is 42.0 Å². The number of likely N-dealkylation sites (N-methyl/N-ethyl adjacent to an activating group) is 1. The Morgan fingerprint density at radius 2 is 1.95 bits per heavy atom. The summed E-state index contributed by atoms with van der Waals surface area (Å²) >= 11 is 0. The molecule has 110 valence electrons.